The Balaban J connectivity index is 1.99. The fourth-order valence-corrected chi connectivity index (χ4v) is 4.32. The Morgan fingerprint density at radius 3 is 2.23 bits per heavy atom. The lowest BCUT2D eigenvalue weighted by molar-refractivity contribution is -0.135. The van der Waals surface area contributed by atoms with Gasteiger partial charge in [-0.15, -0.1) is 11.3 Å². The third-order valence-electron chi connectivity index (χ3n) is 6.90. The highest BCUT2D eigenvalue weighted by atomic mass is 32.1. The summed E-state index contributed by atoms with van der Waals surface area (Å²) in [4.78, 5) is 31.6. The first kappa shape index (κ1) is 26.6. The minimum absolute atomic E-state index is 0.00112. The molecule has 0 bridgehead atoms. The van der Waals surface area contributed by atoms with Crippen LogP contribution in [0.25, 0.3) is 0 Å². The molecule has 1 heterocycles. The summed E-state index contributed by atoms with van der Waals surface area (Å²) in [5.41, 5.74) is 2.63. The predicted octanol–water partition coefficient (Wildman–Crippen LogP) is 7.93. The van der Waals surface area contributed by atoms with Crippen molar-refractivity contribution in [1.29, 1.82) is 0 Å². The topological polar surface area (TPSA) is 55.7 Å². The number of aliphatic imine (C=N–C) groups is 1. The van der Waals surface area contributed by atoms with Crippen LogP contribution >= 0.6 is 11.3 Å². The van der Waals surface area contributed by atoms with Gasteiger partial charge in [0.15, 0.2) is 11.7 Å². The summed E-state index contributed by atoms with van der Waals surface area (Å²) < 4.78 is 5.96. The number of benzene rings is 2. The first-order valence-electron chi connectivity index (χ1n) is 12.1. The van der Waals surface area contributed by atoms with E-state index in [0.29, 0.717) is 16.3 Å². The molecule has 184 valence electrons. The van der Waals surface area contributed by atoms with E-state index in [1.165, 1.54) is 23.1 Å². The molecule has 1 unspecified atom stereocenters. The van der Waals surface area contributed by atoms with Crippen molar-refractivity contribution in [3.05, 3.63) is 82.0 Å². The molecule has 0 fully saturated rings. The number of para-hydroxylation sites is 1. The third-order valence-corrected chi connectivity index (χ3v) is 7.78. The van der Waals surface area contributed by atoms with Crippen molar-refractivity contribution in [3.8, 4) is 5.75 Å². The van der Waals surface area contributed by atoms with Crippen LogP contribution in [0, 0.1) is 5.92 Å². The molecule has 0 aliphatic carbocycles. The van der Waals surface area contributed by atoms with Crippen molar-refractivity contribution in [2.75, 3.05) is 0 Å². The van der Waals surface area contributed by atoms with Gasteiger partial charge >= 0.3 is 5.97 Å². The van der Waals surface area contributed by atoms with Crippen molar-refractivity contribution in [3.63, 3.8) is 0 Å². The molecule has 0 saturated carbocycles. The Morgan fingerprint density at radius 1 is 0.943 bits per heavy atom. The maximum absolute atomic E-state index is 13.4. The summed E-state index contributed by atoms with van der Waals surface area (Å²) >= 11 is 1.30. The summed E-state index contributed by atoms with van der Waals surface area (Å²) in [7, 11) is 0. The van der Waals surface area contributed by atoms with E-state index in [4.69, 9.17) is 4.74 Å². The molecular formula is C30H35NO3S. The van der Waals surface area contributed by atoms with E-state index in [0.717, 1.165) is 18.4 Å². The second kappa shape index (κ2) is 11.1. The Labute approximate surface area is 213 Å². The molecule has 1 aromatic heterocycles. The Hall–Kier alpha value is -3.05. The van der Waals surface area contributed by atoms with E-state index in [9.17, 15) is 9.59 Å². The quantitative estimate of drug-likeness (QED) is 0.0955. The van der Waals surface area contributed by atoms with E-state index in [1.807, 2.05) is 47.8 Å². The van der Waals surface area contributed by atoms with Crippen LogP contribution in [0.5, 0.6) is 5.75 Å². The fraction of sp³-hybridized carbons (Fsp3) is 0.367. The number of thiophene rings is 1. The van der Waals surface area contributed by atoms with Crippen molar-refractivity contribution in [1.82, 2.24) is 0 Å². The molecule has 35 heavy (non-hydrogen) atoms. The van der Waals surface area contributed by atoms with Crippen LogP contribution in [0.2, 0.25) is 0 Å². The highest BCUT2D eigenvalue weighted by Gasteiger charge is 2.32. The van der Waals surface area contributed by atoms with Crippen molar-refractivity contribution in [2.45, 2.75) is 65.2 Å². The van der Waals surface area contributed by atoms with Crippen LogP contribution < -0.4 is 4.74 Å². The number of esters is 1. The molecule has 0 N–H and O–H groups in total. The standard InChI is InChI=1S/C30H35NO3S/c1-7-29(3,4)21-16-17-25(24(19-21)30(5,6)8-2)34-28(33)23(27(32)26-15-12-18-35-26)20-31-22-13-10-9-11-14-22/h9-20,23H,7-8H2,1-6H3. The molecule has 5 heteroatoms. The molecule has 4 nitrogen and oxygen atoms in total. The molecule has 3 rings (SSSR count). The van der Waals surface area contributed by atoms with Gasteiger partial charge in [-0.2, -0.15) is 0 Å². The average molecular weight is 490 g/mol. The number of Topliss-reactive ketones (excluding diaryl/α,β-unsaturated/α-hetero) is 1. The molecule has 0 amide bonds. The van der Waals surface area contributed by atoms with Crippen LogP contribution in [0.4, 0.5) is 5.69 Å². The lowest BCUT2D eigenvalue weighted by Crippen LogP contribution is -2.30. The normalized spacial score (nSPS) is 13.1. The van der Waals surface area contributed by atoms with Gasteiger partial charge in [-0.1, -0.05) is 77.9 Å². The summed E-state index contributed by atoms with van der Waals surface area (Å²) in [6.45, 7) is 13.0. The van der Waals surface area contributed by atoms with Gasteiger partial charge in [0, 0.05) is 11.8 Å². The highest BCUT2D eigenvalue weighted by molar-refractivity contribution is 7.12. The molecule has 1 atom stereocenters. The molecule has 0 saturated heterocycles. The minimum Gasteiger partial charge on any atom is -0.425 e. The number of ketones is 1. The van der Waals surface area contributed by atoms with E-state index < -0.39 is 11.9 Å². The lowest BCUT2D eigenvalue weighted by Gasteiger charge is -2.30. The molecular weight excluding hydrogens is 454 g/mol. The molecule has 0 spiro atoms. The van der Waals surface area contributed by atoms with Crippen LogP contribution in [0.3, 0.4) is 0 Å². The monoisotopic (exact) mass is 489 g/mol. The molecule has 0 radical (unpaired) electrons. The van der Waals surface area contributed by atoms with E-state index in [-0.39, 0.29) is 16.6 Å². The zero-order valence-corrected chi connectivity index (χ0v) is 22.3. The smallest absolute Gasteiger partial charge is 0.327 e. The average Bonchev–Trinajstić information content (AvgIpc) is 3.40. The van der Waals surface area contributed by atoms with Crippen molar-refractivity contribution in [2.24, 2.45) is 10.9 Å². The Kier molecular flexibility index (Phi) is 8.44. The largest absolute Gasteiger partial charge is 0.425 e. The van der Waals surface area contributed by atoms with E-state index in [1.54, 1.807) is 12.1 Å². The van der Waals surface area contributed by atoms with Gasteiger partial charge in [0.1, 0.15) is 5.75 Å². The van der Waals surface area contributed by atoms with Gasteiger partial charge in [-0.25, -0.2) is 0 Å². The maximum atomic E-state index is 13.4. The summed E-state index contributed by atoms with van der Waals surface area (Å²) in [5.74, 6) is -1.59. The number of hydrogen-bond donors (Lipinski definition) is 0. The van der Waals surface area contributed by atoms with Gasteiger partial charge < -0.3 is 4.74 Å². The third kappa shape index (κ3) is 6.34. The van der Waals surface area contributed by atoms with Crippen LogP contribution in [0.15, 0.2) is 71.0 Å². The highest BCUT2D eigenvalue weighted by Crippen LogP contribution is 2.38. The van der Waals surface area contributed by atoms with Crippen LogP contribution in [-0.4, -0.2) is 18.0 Å². The first-order valence-corrected chi connectivity index (χ1v) is 13.0. The SMILES string of the molecule is CCC(C)(C)c1ccc(OC(=O)C(C=Nc2ccccc2)C(=O)c2cccs2)c(C(C)(C)CC)c1. The van der Waals surface area contributed by atoms with Gasteiger partial charge in [0.05, 0.1) is 10.6 Å². The number of nitrogens with zero attached hydrogens (tertiary/aromatic N) is 1. The summed E-state index contributed by atoms with van der Waals surface area (Å²) in [6, 6.07) is 18.8. The van der Waals surface area contributed by atoms with Gasteiger partial charge in [-0.05, 0) is 58.9 Å². The van der Waals surface area contributed by atoms with Gasteiger partial charge in [0.25, 0.3) is 0 Å². The van der Waals surface area contributed by atoms with E-state index >= 15 is 0 Å². The Morgan fingerprint density at radius 2 is 1.63 bits per heavy atom. The van der Waals surface area contributed by atoms with E-state index in [2.05, 4.69) is 52.6 Å². The fourth-order valence-electron chi connectivity index (χ4n) is 3.62. The second-order valence-electron chi connectivity index (χ2n) is 10.0. The number of carbonyl (C=O) groups is 2. The molecule has 2 aromatic carbocycles. The number of ether oxygens (including phenoxy) is 1. The maximum Gasteiger partial charge on any atom is 0.327 e. The number of carbonyl (C=O) groups excluding carboxylic acids is 2. The zero-order chi connectivity index (χ0) is 25.6. The molecule has 0 aliphatic rings. The van der Waals surface area contributed by atoms with Gasteiger partial charge in [0.2, 0.25) is 0 Å². The summed E-state index contributed by atoms with van der Waals surface area (Å²) in [5, 5.41) is 1.82. The van der Waals surface area contributed by atoms with Crippen LogP contribution in [-0.2, 0) is 15.6 Å². The molecule has 3 aromatic rings. The molecule has 0 aliphatic heterocycles. The Bertz CT molecular complexity index is 1180. The van der Waals surface area contributed by atoms with Crippen LogP contribution in [0.1, 0.15) is 75.2 Å². The number of rotatable bonds is 10. The second-order valence-corrected chi connectivity index (χ2v) is 11.0. The van der Waals surface area contributed by atoms with Crippen molar-refractivity contribution >= 4 is 35.0 Å². The van der Waals surface area contributed by atoms with Gasteiger partial charge in [-0.3, -0.25) is 14.6 Å². The first-order chi connectivity index (χ1) is 16.6. The summed E-state index contributed by atoms with van der Waals surface area (Å²) in [6.07, 6.45) is 3.27. The lowest BCUT2D eigenvalue weighted by atomic mass is 9.76. The predicted molar refractivity (Wildman–Crippen MR) is 145 cm³/mol. The van der Waals surface area contributed by atoms with Crippen molar-refractivity contribution < 1.29 is 14.3 Å². The minimum atomic E-state index is -1.14. The number of hydrogen-bond acceptors (Lipinski definition) is 5. The zero-order valence-electron chi connectivity index (χ0n) is 21.5.